The van der Waals surface area contributed by atoms with Crippen LogP contribution in [0.15, 0.2) is 0 Å². The van der Waals surface area contributed by atoms with E-state index in [0.29, 0.717) is 12.8 Å². The van der Waals surface area contributed by atoms with Gasteiger partial charge in [0.2, 0.25) is 6.41 Å². The summed E-state index contributed by atoms with van der Waals surface area (Å²) < 4.78 is 11.4. The maximum atomic E-state index is 13.4. The normalized spacial score (nSPS) is 42.7. The van der Waals surface area contributed by atoms with Crippen LogP contribution in [-0.4, -0.2) is 59.5 Å². The number of ketones is 2. The lowest BCUT2D eigenvalue weighted by Crippen LogP contribution is -2.61. The van der Waals surface area contributed by atoms with Gasteiger partial charge in [0.1, 0.15) is 29.2 Å². The molecule has 1 amide bonds. The Morgan fingerprint density at radius 2 is 1.66 bits per heavy atom. The summed E-state index contributed by atoms with van der Waals surface area (Å²) in [4.78, 5) is 50.7. The van der Waals surface area contributed by atoms with Crippen LogP contribution in [0.5, 0.6) is 0 Å². The number of cyclic esters (lactones) is 1. The fourth-order valence-corrected chi connectivity index (χ4v) is 5.01. The van der Waals surface area contributed by atoms with Crippen molar-refractivity contribution in [3.8, 4) is 0 Å². The van der Waals surface area contributed by atoms with Crippen molar-refractivity contribution < 1.29 is 33.8 Å². The SMILES string of the molecule is CC[C@H]1OC(=O)[C@H](C)C(=O)[C@H](C)[C@@H](C)[C@](C)(OC)C[C@@H](C)C(=O)[C@H](C)[C@@H](NC=O)[C@]1(C)O. The number of amides is 1. The summed E-state index contributed by atoms with van der Waals surface area (Å²) in [5.41, 5.74) is -2.55. The number of hydrogen-bond donors (Lipinski definition) is 2. The highest BCUT2D eigenvalue weighted by Gasteiger charge is 2.49. The molecule has 0 unspecified atom stereocenters. The van der Waals surface area contributed by atoms with Crippen LogP contribution in [0.1, 0.15) is 68.2 Å². The molecule has 0 saturated carbocycles. The first-order valence-electron chi connectivity index (χ1n) is 11.4. The molecule has 1 saturated heterocycles. The van der Waals surface area contributed by atoms with Gasteiger partial charge in [-0.1, -0.05) is 34.6 Å². The Balaban J connectivity index is 3.60. The lowest BCUT2D eigenvalue weighted by Gasteiger charge is -2.43. The Morgan fingerprint density at radius 3 is 2.12 bits per heavy atom. The summed E-state index contributed by atoms with van der Waals surface area (Å²) in [6.07, 6.45) is -0.00759. The van der Waals surface area contributed by atoms with Crippen LogP contribution in [-0.2, 0) is 28.7 Å². The summed E-state index contributed by atoms with van der Waals surface area (Å²) in [7, 11) is 1.54. The average molecular weight is 456 g/mol. The van der Waals surface area contributed by atoms with E-state index in [0.717, 1.165) is 0 Å². The fourth-order valence-electron chi connectivity index (χ4n) is 5.01. The molecule has 1 aliphatic heterocycles. The molecule has 8 heteroatoms. The van der Waals surface area contributed by atoms with E-state index >= 15 is 0 Å². The smallest absolute Gasteiger partial charge is 0.316 e. The molecule has 9 atom stereocenters. The molecule has 32 heavy (non-hydrogen) atoms. The van der Waals surface area contributed by atoms with Gasteiger partial charge in [0, 0.05) is 24.9 Å². The van der Waals surface area contributed by atoms with Gasteiger partial charge in [-0.3, -0.25) is 19.2 Å². The molecule has 1 rings (SSSR count). The van der Waals surface area contributed by atoms with Gasteiger partial charge in [0.15, 0.2) is 0 Å². The minimum Gasteiger partial charge on any atom is -0.459 e. The average Bonchev–Trinajstić information content (AvgIpc) is 2.76. The molecule has 0 aromatic heterocycles. The van der Waals surface area contributed by atoms with Crippen LogP contribution < -0.4 is 5.32 Å². The van der Waals surface area contributed by atoms with Crippen molar-refractivity contribution >= 4 is 23.9 Å². The van der Waals surface area contributed by atoms with Gasteiger partial charge < -0.3 is 19.9 Å². The summed E-state index contributed by atoms with van der Waals surface area (Å²) >= 11 is 0. The molecular formula is C24H41NO7. The maximum absolute atomic E-state index is 13.4. The summed E-state index contributed by atoms with van der Waals surface area (Å²) in [5, 5.41) is 13.9. The van der Waals surface area contributed by atoms with E-state index in [-0.39, 0.29) is 23.9 Å². The van der Waals surface area contributed by atoms with Crippen LogP contribution in [0, 0.1) is 29.6 Å². The molecule has 8 nitrogen and oxygen atoms in total. The van der Waals surface area contributed by atoms with Gasteiger partial charge in [-0.25, -0.2) is 0 Å². The number of esters is 1. The Labute approximate surface area is 191 Å². The predicted octanol–water partition coefficient (Wildman–Crippen LogP) is 2.30. The van der Waals surface area contributed by atoms with Gasteiger partial charge in [-0.2, -0.15) is 0 Å². The van der Waals surface area contributed by atoms with Crippen molar-refractivity contribution in [1.29, 1.82) is 0 Å². The highest BCUT2D eigenvalue weighted by atomic mass is 16.6. The van der Waals surface area contributed by atoms with Gasteiger partial charge in [0.05, 0.1) is 11.6 Å². The molecule has 0 aromatic rings. The number of ether oxygens (including phenoxy) is 2. The van der Waals surface area contributed by atoms with E-state index in [9.17, 15) is 24.3 Å². The van der Waals surface area contributed by atoms with Crippen molar-refractivity contribution in [2.45, 2.75) is 91.6 Å². The second kappa shape index (κ2) is 10.9. The molecule has 0 aliphatic carbocycles. The molecular weight excluding hydrogens is 414 g/mol. The minimum atomic E-state index is -1.74. The van der Waals surface area contributed by atoms with E-state index in [1.165, 1.54) is 13.8 Å². The van der Waals surface area contributed by atoms with Crippen LogP contribution in [0.4, 0.5) is 0 Å². The largest absolute Gasteiger partial charge is 0.459 e. The molecule has 1 fully saturated rings. The number of methoxy groups -OCH3 is 1. The number of nitrogens with one attached hydrogen (secondary N) is 1. The zero-order valence-corrected chi connectivity index (χ0v) is 20.9. The Morgan fingerprint density at radius 1 is 1.09 bits per heavy atom. The number of carbonyl (C=O) groups excluding carboxylic acids is 4. The van der Waals surface area contributed by atoms with E-state index < -0.39 is 53.0 Å². The summed E-state index contributed by atoms with van der Waals surface area (Å²) in [6, 6.07) is -0.994. The van der Waals surface area contributed by atoms with Crippen LogP contribution >= 0.6 is 0 Å². The molecule has 1 heterocycles. The zero-order chi connectivity index (χ0) is 25.0. The number of carbonyl (C=O) groups is 4. The lowest BCUT2D eigenvalue weighted by atomic mass is 9.70. The molecule has 184 valence electrons. The van der Waals surface area contributed by atoms with E-state index in [4.69, 9.17) is 9.47 Å². The highest BCUT2D eigenvalue weighted by Crippen LogP contribution is 2.37. The number of rotatable bonds is 4. The molecule has 0 aromatic carbocycles. The molecule has 1 aliphatic rings. The Kier molecular flexibility index (Phi) is 9.60. The third-order valence-electron chi connectivity index (χ3n) is 7.71. The van der Waals surface area contributed by atoms with Gasteiger partial charge in [-0.15, -0.1) is 0 Å². The summed E-state index contributed by atoms with van der Waals surface area (Å²) in [6.45, 7) is 13.6. The highest BCUT2D eigenvalue weighted by molar-refractivity contribution is 5.99. The topological polar surface area (TPSA) is 119 Å². The zero-order valence-electron chi connectivity index (χ0n) is 20.9. The second-order valence-corrected chi connectivity index (χ2v) is 9.84. The maximum Gasteiger partial charge on any atom is 0.316 e. The van der Waals surface area contributed by atoms with Crippen LogP contribution in [0.2, 0.25) is 0 Å². The van der Waals surface area contributed by atoms with Gasteiger partial charge in [-0.05, 0) is 39.5 Å². The Bertz CT molecular complexity index is 706. The number of aliphatic hydroxyl groups is 1. The minimum absolute atomic E-state index is 0.161. The first-order chi connectivity index (χ1) is 14.7. The van der Waals surface area contributed by atoms with Crippen LogP contribution in [0.25, 0.3) is 0 Å². The van der Waals surface area contributed by atoms with E-state index in [2.05, 4.69) is 5.32 Å². The standard InChI is InChI=1S/C24H41NO7/c1-10-18-24(8,30)21(25-12-26)15(4)19(27)13(2)11-23(7,31-9)17(6)14(3)20(28)16(5)22(29)32-18/h12-18,21,30H,10-11H2,1-9H3,(H,25,26)/t13-,14-,15+,16-,17-,18-,21-,23-,24-/m1/s1. The van der Waals surface area contributed by atoms with Crippen LogP contribution in [0.3, 0.4) is 0 Å². The molecule has 0 radical (unpaired) electrons. The van der Waals surface area contributed by atoms with Crippen molar-refractivity contribution in [1.82, 2.24) is 5.32 Å². The van der Waals surface area contributed by atoms with Crippen molar-refractivity contribution in [3.63, 3.8) is 0 Å². The first-order valence-corrected chi connectivity index (χ1v) is 11.4. The number of Topliss-reactive ketones (excluding diaryl/α,β-unsaturated/α-hetero) is 2. The van der Waals surface area contributed by atoms with Crippen molar-refractivity contribution in [2.75, 3.05) is 7.11 Å². The molecule has 0 spiro atoms. The van der Waals surface area contributed by atoms with Crippen molar-refractivity contribution in [2.24, 2.45) is 29.6 Å². The summed E-state index contributed by atoms with van der Waals surface area (Å²) in [5.74, 6) is -4.24. The third-order valence-corrected chi connectivity index (χ3v) is 7.71. The Hall–Kier alpha value is -1.80. The third kappa shape index (κ3) is 5.57. The number of hydrogen-bond acceptors (Lipinski definition) is 7. The quantitative estimate of drug-likeness (QED) is 0.379. The van der Waals surface area contributed by atoms with Crippen molar-refractivity contribution in [3.05, 3.63) is 0 Å². The monoisotopic (exact) mass is 455 g/mol. The fraction of sp³-hybridized carbons (Fsp3) is 0.833. The van der Waals surface area contributed by atoms with Gasteiger partial charge in [0.25, 0.3) is 0 Å². The lowest BCUT2D eigenvalue weighted by molar-refractivity contribution is -0.177. The molecule has 0 bridgehead atoms. The molecule has 2 N–H and O–H groups in total. The predicted molar refractivity (Wildman–Crippen MR) is 120 cm³/mol. The van der Waals surface area contributed by atoms with E-state index in [1.807, 2.05) is 13.8 Å². The van der Waals surface area contributed by atoms with Gasteiger partial charge >= 0.3 is 5.97 Å². The van der Waals surface area contributed by atoms with E-state index in [1.54, 1.807) is 34.8 Å². The second-order valence-electron chi connectivity index (χ2n) is 9.84. The first kappa shape index (κ1) is 28.2.